The van der Waals surface area contributed by atoms with Gasteiger partial charge in [0.05, 0.1) is 6.54 Å². The first-order valence-corrected chi connectivity index (χ1v) is 6.58. The van der Waals surface area contributed by atoms with E-state index in [2.05, 4.69) is 42.3 Å². The van der Waals surface area contributed by atoms with E-state index in [-0.39, 0.29) is 0 Å². The summed E-state index contributed by atoms with van der Waals surface area (Å²) in [6.07, 6.45) is 6.92. The summed E-state index contributed by atoms with van der Waals surface area (Å²) in [7, 11) is 0. The first-order chi connectivity index (χ1) is 6.79. The first kappa shape index (κ1) is 11.6. The van der Waals surface area contributed by atoms with Gasteiger partial charge in [-0.2, -0.15) is 0 Å². The summed E-state index contributed by atoms with van der Waals surface area (Å²) in [6, 6.07) is 0. The van der Waals surface area contributed by atoms with Gasteiger partial charge < -0.3 is 0 Å². The smallest absolute Gasteiger partial charge is 0.234 e. The Bertz CT molecular complexity index is 243. The first-order valence-electron chi connectivity index (χ1n) is 5.42. The molecule has 14 heavy (non-hydrogen) atoms. The monoisotopic (exact) mass is 213 g/mol. The minimum absolute atomic E-state index is 1.08. The molecule has 80 valence electrons. The van der Waals surface area contributed by atoms with Crippen LogP contribution in [-0.4, -0.2) is 10.3 Å². The van der Waals surface area contributed by atoms with Gasteiger partial charge in [-0.25, -0.2) is 9.13 Å². The molecule has 1 rings (SSSR count). The largest absolute Gasteiger partial charge is 0.253 e. The number of hydrogen-bond acceptors (Lipinski definition) is 1. The molecule has 1 aromatic heterocycles. The fourth-order valence-corrected chi connectivity index (χ4v) is 2.08. The third-order valence-electron chi connectivity index (χ3n) is 2.44. The van der Waals surface area contributed by atoms with Gasteiger partial charge in [0, 0.05) is 6.92 Å². The van der Waals surface area contributed by atoms with E-state index in [4.69, 9.17) is 0 Å². The number of thioether (sulfide) groups is 1. The molecule has 2 nitrogen and oxygen atoms in total. The Morgan fingerprint density at radius 3 is 2.86 bits per heavy atom. The lowest BCUT2D eigenvalue weighted by molar-refractivity contribution is -0.681. The molecule has 0 N–H and O–H groups in total. The molecule has 0 radical (unpaired) electrons. The molecule has 1 aromatic rings. The Labute approximate surface area is 91.3 Å². The van der Waals surface area contributed by atoms with Gasteiger partial charge in [0.15, 0.2) is 0 Å². The van der Waals surface area contributed by atoms with Crippen LogP contribution in [0.1, 0.15) is 32.5 Å². The third-order valence-corrected chi connectivity index (χ3v) is 3.31. The van der Waals surface area contributed by atoms with E-state index in [0.29, 0.717) is 0 Å². The highest BCUT2D eigenvalue weighted by Crippen LogP contribution is 2.02. The average molecular weight is 213 g/mol. The van der Waals surface area contributed by atoms with Crippen molar-refractivity contribution in [1.29, 1.82) is 0 Å². The number of aryl methyl sites for hydroxylation is 1. The molecule has 0 unspecified atom stereocenters. The summed E-state index contributed by atoms with van der Waals surface area (Å²) in [4.78, 5) is 0. The van der Waals surface area contributed by atoms with Crippen molar-refractivity contribution in [1.82, 2.24) is 4.57 Å². The zero-order valence-corrected chi connectivity index (χ0v) is 10.3. The zero-order valence-electron chi connectivity index (χ0n) is 9.49. The molecular weight excluding hydrogens is 192 g/mol. The fourth-order valence-electron chi connectivity index (χ4n) is 1.43. The molecule has 0 amide bonds. The highest BCUT2D eigenvalue weighted by molar-refractivity contribution is 7.98. The summed E-state index contributed by atoms with van der Waals surface area (Å²) in [5.74, 6) is 3.65. The summed E-state index contributed by atoms with van der Waals surface area (Å²) in [6.45, 7) is 7.80. The van der Waals surface area contributed by atoms with Gasteiger partial charge in [0.2, 0.25) is 0 Å². The molecule has 0 bridgehead atoms. The lowest BCUT2D eigenvalue weighted by Crippen LogP contribution is -2.34. The van der Waals surface area contributed by atoms with Crippen molar-refractivity contribution in [3.8, 4) is 0 Å². The minimum atomic E-state index is 1.08. The molecule has 0 aliphatic carbocycles. The number of hydrogen-bond donors (Lipinski definition) is 0. The second-order valence-corrected chi connectivity index (χ2v) is 4.73. The summed E-state index contributed by atoms with van der Waals surface area (Å²) < 4.78 is 4.67. The van der Waals surface area contributed by atoms with E-state index in [1.807, 2.05) is 11.8 Å². The number of nitrogens with zero attached hydrogens (tertiary/aromatic N) is 2. The van der Waals surface area contributed by atoms with Gasteiger partial charge in [-0.1, -0.05) is 20.3 Å². The van der Waals surface area contributed by atoms with Crippen LogP contribution in [0.4, 0.5) is 0 Å². The maximum atomic E-state index is 2.35. The van der Waals surface area contributed by atoms with Crippen LogP contribution in [0.3, 0.4) is 0 Å². The number of imidazole rings is 1. The highest BCUT2D eigenvalue weighted by atomic mass is 32.2. The average Bonchev–Trinajstić information content (AvgIpc) is 2.54. The van der Waals surface area contributed by atoms with Crippen LogP contribution in [0.15, 0.2) is 12.4 Å². The predicted octanol–water partition coefficient (Wildman–Crippen LogP) is 2.59. The van der Waals surface area contributed by atoms with E-state index >= 15 is 0 Å². The molecular formula is C11H21N2S+. The normalized spacial score (nSPS) is 10.8. The van der Waals surface area contributed by atoms with Crippen molar-refractivity contribution in [2.75, 3.05) is 5.75 Å². The van der Waals surface area contributed by atoms with Gasteiger partial charge in [-0.05, 0) is 12.2 Å². The summed E-state index contributed by atoms with van der Waals surface area (Å²) >= 11 is 1.96. The third kappa shape index (κ3) is 3.05. The number of rotatable bonds is 6. The SMILES string of the molecule is CCCCn1cc[n+](CSCC)c1C. The van der Waals surface area contributed by atoms with Crippen molar-refractivity contribution in [2.45, 2.75) is 46.0 Å². The quantitative estimate of drug-likeness (QED) is 0.660. The van der Waals surface area contributed by atoms with Crippen LogP contribution >= 0.6 is 11.8 Å². The van der Waals surface area contributed by atoms with Gasteiger partial charge >= 0.3 is 0 Å². The van der Waals surface area contributed by atoms with Crippen LogP contribution < -0.4 is 4.57 Å². The van der Waals surface area contributed by atoms with E-state index in [0.717, 1.165) is 12.4 Å². The summed E-state index contributed by atoms with van der Waals surface area (Å²) in [5.41, 5.74) is 0. The van der Waals surface area contributed by atoms with Crippen molar-refractivity contribution in [3.05, 3.63) is 18.2 Å². The predicted molar refractivity (Wildman–Crippen MR) is 62.4 cm³/mol. The maximum absolute atomic E-state index is 2.35. The molecule has 0 atom stereocenters. The van der Waals surface area contributed by atoms with Crippen LogP contribution in [0, 0.1) is 6.92 Å². The Balaban J connectivity index is 2.55. The van der Waals surface area contributed by atoms with Crippen LogP contribution in [0.25, 0.3) is 0 Å². The molecule has 3 heteroatoms. The standard InChI is InChI=1S/C11H21N2S/c1-4-6-7-12-8-9-13(11(12)3)10-14-5-2/h8-9H,4-7,10H2,1-3H3/q+1. The molecule has 0 aromatic carbocycles. The van der Waals surface area contributed by atoms with Crippen molar-refractivity contribution >= 4 is 11.8 Å². The van der Waals surface area contributed by atoms with Crippen LogP contribution in [0.2, 0.25) is 0 Å². The molecule has 0 saturated heterocycles. The van der Waals surface area contributed by atoms with E-state index in [1.165, 1.54) is 24.4 Å². The lowest BCUT2D eigenvalue weighted by Gasteiger charge is -1.99. The molecule has 0 saturated carbocycles. The van der Waals surface area contributed by atoms with Gasteiger partial charge in [-0.15, -0.1) is 11.8 Å². The van der Waals surface area contributed by atoms with Gasteiger partial charge in [-0.3, -0.25) is 0 Å². The second-order valence-electron chi connectivity index (χ2n) is 3.48. The Kier molecular flexibility index (Phi) is 5.09. The second kappa shape index (κ2) is 6.12. The Morgan fingerprint density at radius 2 is 2.21 bits per heavy atom. The molecule has 0 aliphatic heterocycles. The molecule has 0 fully saturated rings. The maximum Gasteiger partial charge on any atom is 0.253 e. The van der Waals surface area contributed by atoms with Crippen LogP contribution in [0.5, 0.6) is 0 Å². The summed E-state index contributed by atoms with van der Waals surface area (Å²) in [5, 5.41) is 0. The van der Waals surface area contributed by atoms with E-state index in [1.54, 1.807) is 0 Å². The zero-order chi connectivity index (χ0) is 10.4. The van der Waals surface area contributed by atoms with Crippen molar-refractivity contribution in [2.24, 2.45) is 0 Å². The highest BCUT2D eigenvalue weighted by Gasteiger charge is 2.10. The molecule has 0 aliphatic rings. The Hall–Kier alpha value is -0.440. The molecule has 1 heterocycles. The van der Waals surface area contributed by atoms with Gasteiger partial charge in [0.25, 0.3) is 5.82 Å². The number of aromatic nitrogens is 2. The van der Waals surface area contributed by atoms with E-state index in [9.17, 15) is 0 Å². The van der Waals surface area contributed by atoms with Gasteiger partial charge in [0.1, 0.15) is 18.3 Å². The van der Waals surface area contributed by atoms with Crippen molar-refractivity contribution in [3.63, 3.8) is 0 Å². The lowest BCUT2D eigenvalue weighted by atomic mass is 10.3. The molecule has 0 spiro atoms. The Morgan fingerprint density at radius 1 is 1.43 bits per heavy atom. The van der Waals surface area contributed by atoms with Crippen LogP contribution in [-0.2, 0) is 12.4 Å². The minimum Gasteiger partial charge on any atom is -0.234 e. The van der Waals surface area contributed by atoms with Crippen molar-refractivity contribution < 1.29 is 4.57 Å². The fraction of sp³-hybridized carbons (Fsp3) is 0.727. The number of unbranched alkanes of at least 4 members (excludes halogenated alkanes) is 1. The van der Waals surface area contributed by atoms with E-state index < -0.39 is 0 Å². The topological polar surface area (TPSA) is 8.81 Å².